The minimum absolute atomic E-state index is 0.346. The Balaban J connectivity index is 2.16. The van der Waals surface area contributed by atoms with Crippen molar-refractivity contribution >= 4 is 23.0 Å². The van der Waals surface area contributed by atoms with Crippen LogP contribution in [0.2, 0.25) is 0 Å². The first kappa shape index (κ1) is 20.7. The van der Waals surface area contributed by atoms with Crippen LogP contribution in [-0.2, 0) is 6.18 Å². The molecule has 0 unspecified atom stereocenters. The second kappa shape index (κ2) is 11.3. The number of halogens is 3. The molecule has 0 atom stereocenters. The van der Waals surface area contributed by atoms with Crippen molar-refractivity contribution in [2.75, 3.05) is 11.9 Å². The summed E-state index contributed by atoms with van der Waals surface area (Å²) in [6.07, 6.45) is 5.51. The standard InChI is InChI=1S/C18H27F3N2S/c1-2-3-4-5-6-7-8-9-13-22-17(24)23-16-12-10-11-15(14-16)18(19,20)21/h10-12,14H,2-9,13H2,1H3,(H2,22,23,24). The molecule has 0 saturated heterocycles. The molecule has 24 heavy (non-hydrogen) atoms. The lowest BCUT2D eigenvalue weighted by molar-refractivity contribution is -0.137. The first-order valence-corrected chi connectivity index (χ1v) is 9.06. The summed E-state index contributed by atoms with van der Waals surface area (Å²) in [5.41, 5.74) is -0.336. The van der Waals surface area contributed by atoms with Crippen LogP contribution in [0, 0.1) is 0 Å². The predicted molar refractivity (Wildman–Crippen MR) is 98.3 cm³/mol. The maximum absolute atomic E-state index is 12.6. The van der Waals surface area contributed by atoms with E-state index < -0.39 is 11.7 Å². The Kier molecular flexibility index (Phi) is 9.76. The summed E-state index contributed by atoms with van der Waals surface area (Å²) in [6.45, 7) is 2.95. The minimum Gasteiger partial charge on any atom is -0.362 e. The van der Waals surface area contributed by atoms with Gasteiger partial charge in [0.05, 0.1) is 5.56 Å². The topological polar surface area (TPSA) is 24.1 Å². The van der Waals surface area contributed by atoms with E-state index in [-0.39, 0.29) is 0 Å². The zero-order valence-corrected chi connectivity index (χ0v) is 15.0. The van der Waals surface area contributed by atoms with Gasteiger partial charge in [0.1, 0.15) is 0 Å². The van der Waals surface area contributed by atoms with E-state index in [1.54, 1.807) is 6.07 Å². The van der Waals surface area contributed by atoms with E-state index in [0.717, 1.165) is 31.5 Å². The maximum Gasteiger partial charge on any atom is 0.416 e. The largest absolute Gasteiger partial charge is 0.416 e. The Morgan fingerprint density at radius 1 is 1.00 bits per heavy atom. The highest BCUT2D eigenvalue weighted by Gasteiger charge is 2.30. The third-order valence-corrected chi connectivity index (χ3v) is 4.01. The van der Waals surface area contributed by atoms with Gasteiger partial charge in [-0.2, -0.15) is 13.2 Å². The van der Waals surface area contributed by atoms with Gasteiger partial charge in [0.25, 0.3) is 0 Å². The quantitative estimate of drug-likeness (QED) is 0.387. The molecule has 0 radical (unpaired) electrons. The fourth-order valence-corrected chi connectivity index (χ4v) is 2.63. The summed E-state index contributed by atoms with van der Waals surface area (Å²) in [5, 5.41) is 6.20. The van der Waals surface area contributed by atoms with Gasteiger partial charge in [0.2, 0.25) is 0 Å². The van der Waals surface area contributed by atoms with Crippen molar-refractivity contribution in [3.8, 4) is 0 Å². The number of alkyl halides is 3. The molecular weight excluding hydrogens is 333 g/mol. The van der Waals surface area contributed by atoms with E-state index in [1.165, 1.54) is 44.6 Å². The third kappa shape index (κ3) is 9.11. The highest BCUT2D eigenvalue weighted by Crippen LogP contribution is 2.30. The Morgan fingerprint density at radius 3 is 2.25 bits per heavy atom. The molecule has 0 saturated carbocycles. The van der Waals surface area contributed by atoms with Crippen molar-refractivity contribution in [3.63, 3.8) is 0 Å². The molecule has 0 amide bonds. The molecule has 0 aliphatic heterocycles. The lowest BCUT2D eigenvalue weighted by atomic mass is 10.1. The summed E-state index contributed by atoms with van der Waals surface area (Å²) in [4.78, 5) is 0. The van der Waals surface area contributed by atoms with Crippen molar-refractivity contribution in [1.29, 1.82) is 0 Å². The first-order valence-electron chi connectivity index (χ1n) is 8.65. The van der Waals surface area contributed by atoms with E-state index in [4.69, 9.17) is 12.2 Å². The number of hydrogen-bond donors (Lipinski definition) is 2. The maximum atomic E-state index is 12.6. The van der Waals surface area contributed by atoms with Gasteiger partial charge in [-0.1, -0.05) is 57.9 Å². The van der Waals surface area contributed by atoms with Gasteiger partial charge in [0, 0.05) is 12.2 Å². The molecular formula is C18H27F3N2S. The molecule has 0 fully saturated rings. The smallest absolute Gasteiger partial charge is 0.362 e. The number of hydrogen-bond acceptors (Lipinski definition) is 1. The second-order valence-electron chi connectivity index (χ2n) is 5.93. The Labute approximate surface area is 148 Å². The van der Waals surface area contributed by atoms with Gasteiger partial charge >= 0.3 is 6.18 Å². The molecule has 0 bridgehead atoms. The van der Waals surface area contributed by atoms with Gasteiger partial charge in [0.15, 0.2) is 5.11 Å². The monoisotopic (exact) mass is 360 g/mol. The number of benzene rings is 1. The third-order valence-electron chi connectivity index (χ3n) is 3.76. The normalized spacial score (nSPS) is 11.3. The molecule has 1 rings (SSSR count). The van der Waals surface area contributed by atoms with Crippen molar-refractivity contribution in [3.05, 3.63) is 29.8 Å². The molecule has 6 heteroatoms. The van der Waals surface area contributed by atoms with Crippen LogP contribution in [-0.4, -0.2) is 11.7 Å². The molecule has 2 nitrogen and oxygen atoms in total. The molecule has 0 heterocycles. The van der Waals surface area contributed by atoms with Gasteiger partial charge in [-0.05, 0) is 36.8 Å². The van der Waals surface area contributed by atoms with E-state index in [9.17, 15) is 13.2 Å². The summed E-state index contributed by atoms with van der Waals surface area (Å²) in [6, 6.07) is 5.04. The lowest BCUT2D eigenvalue weighted by Gasteiger charge is -2.12. The van der Waals surface area contributed by atoms with E-state index >= 15 is 0 Å². The molecule has 0 aromatic heterocycles. The van der Waals surface area contributed by atoms with Gasteiger partial charge in [-0.25, -0.2) is 0 Å². The summed E-state index contributed by atoms with van der Waals surface area (Å²) in [7, 11) is 0. The highest BCUT2D eigenvalue weighted by molar-refractivity contribution is 7.80. The molecule has 0 spiro atoms. The second-order valence-corrected chi connectivity index (χ2v) is 6.34. The van der Waals surface area contributed by atoms with Crippen LogP contribution in [0.25, 0.3) is 0 Å². The molecule has 0 aliphatic rings. The van der Waals surface area contributed by atoms with Gasteiger partial charge in [-0.15, -0.1) is 0 Å². The molecule has 136 valence electrons. The number of nitrogens with one attached hydrogen (secondary N) is 2. The number of rotatable bonds is 10. The van der Waals surface area contributed by atoms with Crippen LogP contribution in [0.5, 0.6) is 0 Å². The highest BCUT2D eigenvalue weighted by atomic mass is 32.1. The number of unbranched alkanes of at least 4 members (excludes halogenated alkanes) is 7. The zero-order valence-electron chi connectivity index (χ0n) is 14.2. The number of thiocarbonyl (C=S) groups is 1. The summed E-state index contributed by atoms with van der Waals surface area (Å²) in [5.74, 6) is 0. The minimum atomic E-state index is -4.34. The Hall–Kier alpha value is -1.30. The molecule has 1 aromatic carbocycles. The fraction of sp³-hybridized carbons (Fsp3) is 0.611. The molecule has 1 aromatic rings. The van der Waals surface area contributed by atoms with E-state index in [1.807, 2.05) is 0 Å². The van der Waals surface area contributed by atoms with Crippen LogP contribution in [0.1, 0.15) is 63.9 Å². The van der Waals surface area contributed by atoms with E-state index in [2.05, 4.69) is 17.6 Å². The average Bonchev–Trinajstić information content (AvgIpc) is 2.53. The molecule has 0 aliphatic carbocycles. The van der Waals surface area contributed by atoms with Gasteiger partial charge in [-0.3, -0.25) is 0 Å². The SMILES string of the molecule is CCCCCCCCCCNC(=S)Nc1cccc(C(F)(F)F)c1. The average molecular weight is 360 g/mol. The van der Waals surface area contributed by atoms with Crippen LogP contribution in [0.4, 0.5) is 18.9 Å². The van der Waals surface area contributed by atoms with Crippen molar-refractivity contribution in [2.24, 2.45) is 0 Å². The Morgan fingerprint density at radius 2 is 1.62 bits per heavy atom. The Bertz CT molecular complexity index is 489. The molecule has 2 N–H and O–H groups in total. The number of anilines is 1. The predicted octanol–water partition coefficient (Wildman–Crippen LogP) is 6.13. The fourth-order valence-electron chi connectivity index (χ4n) is 2.41. The lowest BCUT2D eigenvalue weighted by Crippen LogP contribution is -2.29. The zero-order chi connectivity index (χ0) is 17.8. The van der Waals surface area contributed by atoms with Crippen molar-refractivity contribution < 1.29 is 13.2 Å². The van der Waals surface area contributed by atoms with Gasteiger partial charge < -0.3 is 10.6 Å². The summed E-state index contributed by atoms with van der Waals surface area (Å²) < 4.78 is 37.9. The van der Waals surface area contributed by atoms with E-state index in [0.29, 0.717) is 10.8 Å². The van der Waals surface area contributed by atoms with Crippen LogP contribution < -0.4 is 10.6 Å². The van der Waals surface area contributed by atoms with Crippen molar-refractivity contribution in [2.45, 2.75) is 64.5 Å². The van der Waals surface area contributed by atoms with Crippen LogP contribution >= 0.6 is 12.2 Å². The van der Waals surface area contributed by atoms with Crippen LogP contribution in [0.15, 0.2) is 24.3 Å². The first-order chi connectivity index (χ1) is 11.4. The van der Waals surface area contributed by atoms with Crippen molar-refractivity contribution in [1.82, 2.24) is 5.32 Å². The van der Waals surface area contributed by atoms with Crippen LogP contribution in [0.3, 0.4) is 0 Å². The summed E-state index contributed by atoms with van der Waals surface area (Å²) >= 11 is 5.12.